The maximum absolute atomic E-state index is 6.20. The Balaban J connectivity index is 1.54. The van der Waals surface area contributed by atoms with Crippen molar-refractivity contribution in [3.8, 4) is 0 Å². The average molecular weight is 403 g/mol. The van der Waals surface area contributed by atoms with E-state index in [1.54, 1.807) is 0 Å². The van der Waals surface area contributed by atoms with Gasteiger partial charge in [-0.15, -0.1) is 0 Å². The lowest BCUT2D eigenvalue weighted by Crippen LogP contribution is -2.52. The van der Waals surface area contributed by atoms with Crippen molar-refractivity contribution in [2.45, 2.75) is 26.7 Å². The molecule has 0 atom stereocenters. The molecule has 2 aromatic rings. The number of benzene rings is 1. The highest BCUT2D eigenvalue weighted by Crippen LogP contribution is 2.25. The molecule has 3 rings (SSSR count). The van der Waals surface area contributed by atoms with E-state index in [1.807, 2.05) is 24.0 Å². The summed E-state index contributed by atoms with van der Waals surface area (Å²) < 4.78 is 1.85. The van der Waals surface area contributed by atoms with E-state index in [9.17, 15) is 0 Å². The zero-order chi connectivity index (χ0) is 19.9. The standard InChI is InChI=1S/C21H31ClN6/c1-4-23-21(24-9-5-6-18-15-25-26(3)16-18)28-12-10-27(11-13-28)20-14-19(22)8-7-17(20)2/h7-8,14-16H,4-6,9-13H2,1-3H3,(H,23,24). The molecule has 6 nitrogen and oxygen atoms in total. The van der Waals surface area contributed by atoms with Crippen molar-refractivity contribution in [1.29, 1.82) is 0 Å². The summed E-state index contributed by atoms with van der Waals surface area (Å²) in [4.78, 5) is 9.64. The number of rotatable bonds is 6. The fraction of sp³-hybridized carbons (Fsp3) is 0.524. The number of guanidine groups is 1. The minimum absolute atomic E-state index is 0.798. The zero-order valence-electron chi connectivity index (χ0n) is 17.2. The van der Waals surface area contributed by atoms with Crippen molar-refractivity contribution in [2.24, 2.45) is 12.0 Å². The SMILES string of the molecule is CCNC(=NCCCc1cnn(C)c1)N1CCN(c2cc(Cl)ccc2C)CC1. The van der Waals surface area contributed by atoms with E-state index in [4.69, 9.17) is 16.6 Å². The maximum atomic E-state index is 6.20. The monoisotopic (exact) mass is 402 g/mol. The number of hydrogen-bond donors (Lipinski definition) is 1. The molecule has 152 valence electrons. The Morgan fingerprint density at radius 1 is 1.25 bits per heavy atom. The number of nitrogens with one attached hydrogen (secondary N) is 1. The molecule has 1 N–H and O–H groups in total. The van der Waals surface area contributed by atoms with Gasteiger partial charge in [-0.1, -0.05) is 17.7 Å². The van der Waals surface area contributed by atoms with Crippen LogP contribution in [0.2, 0.25) is 5.02 Å². The first kappa shape index (κ1) is 20.5. The summed E-state index contributed by atoms with van der Waals surface area (Å²) in [5, 5.41) is 8.47. The van der Waals surface area contributed by atoms with Gasteiger partial charge in [0, 0.05) is 63.2 Å². The number of aryl methyl sites for hydroxylation is 3. The third-order valence-corrected chi connectivity index (χ3v) is 5.30. The van der Waals surface area contributed by atoms with E-state index < -0.39 is 0 Å². The molecule has 0 unspecified atom stereocenters. The Morgan fingerprint density at radius 3 is 2.71 bits per heavy atom. The largest absolute Gasteiger partial charge is 0.368 e. The fourth-order valence-corrected chi connectivity index (χ4v) is 3.74. The van der Waals surface area contributed by atoms with Gasteiger partial charge in [-0.05, 0) is 49.9 Å². The molecule has 1 aliphatic rings. The van der Waals surface area contributed by atoms with Gasteiger partial charge in [-0.2, -0.15) is 5.10 Å². The van der Waals surface area contributed by atoms with E-state index in [0.29, 0.717) is 0 Å². The second kappa shape index (κ2) is 9.82. The number of halogens is 1. The Morgan fingerprint density at radius 2 is 2.04 bits per heavy atom. The van der Waals surface area contributed by atoms with Crippen LogP contribution in [0.25, 0.3) is 0 Å². The molecule has 0 spiro atoms. The molecule has 1 aromatic carbocycles. The number of aliphatic imine (C=N–C) groups is 1. The molecule has 1 fully saturated rings. The first-order valence-corrected chi connectivity index (χ1v) is 10.5. The van der Waals surface area contributed by atoms with Crippen LogP contribution in [0.15, 0.2) is 35.6 Å². The second-order valence-corrected chi connectivity index (χ2v) is 7.70. The van der Waals surface area contributed by atoms with Crippen molar-refractivity contribution in [3.05, 3.63) is 46.7 Å². The minimum atomic E-state index is 0.798. The molecule has 0 bridgehead atoms. The van der Waals surface area contributed by atoms with Gasteiger partial charge < -0.3 is 15.1 Å². The average Bonchev–Trinajstić information content (AvgIpc) is 3.11. The van der Waals surface area contributed by atoms with Crippen LogP contribution in [0.5, 0.6) is 0 Å². The summed E-state index contributed by atoms with van der Waals surface area (Å²) in [5.74, 6) is 1.02. The summed E-state index contributed by atoms with van der Waals surface area (Å²) in [6, 6.07) is 6.13. The van der Waals surface area contributed by atoms with Crippen LogP contribution >= 0.6 is 11.6 Å². The number of anilines is 1. The summed E-state index contributed by atoms with van der Waals surface area (Å²) in [6.07, 6.45) is 6.05. The van der Waals surface area contributed by atoms with Crippen LogP contribution in [0.4, 0.5) is 5.69 Å². The Hall–Kier alpha value is -2.21. The van der Waals surface area contributed by atoms with Crippen LogP contribution in [0, 0.1) is 6.92 Å². The normalized spacial score (nSPS) is 15.2. The van der Waals surface area contributed by atoms with Crippen LogP contribution in [-0.4, -0.2) is 59.9 Å². The highest BCUT2D eigenvalue weighted by Gasteiger charge is 2.20. The van der Waals surface area contributed by atoms with Gasteiger partial charge in [-0.3, -0.25) is 9.67 Å². The van der Waals surface area contributed by atoms with E-state index >= 15 is 0 Å². The predicted octanol–water partition coefficient (Wildman–Crippen LogP) is 3.10. The molecule has 7 heteroatoms. The van der Waals surface area contributed by atoms with Gasteiger partial charge >= 0.3 is 0 Å². The van der Waals surface area contributed by atoms with Crippen molar-refractivity contribution >= 4 is 23.2 Å². The van der Waals surface area contributed by atoms with Crippen LogP contribution < -0.4 is 10.2 Å². The Kier molecular flexibility index (Phi) is 7.20. The maximum Gasteiger partial charge on any atom is 0.194 e. The summed E-state index contributed by atoms with van der Waals surface area (Å²) in [7, 11) is 1.95. The molecule has 2 heterocycles. The molecule has 0 amide bonds. The Labute approximate surface area is 173 Å². The van der Waals surface area contributed by atoms with Crippen LogP contribution in [-0.2, 0) is 13.5 Å². The van der Waals surface area contributed by atoms with Crippen molar-refractivity contribution in [1.82, 2.24) is 20.0 Å². The molecule has 1 aromatic heterocycles. The number of aromatic nitrogens is 2. The molecular weight excluding hydrogens is 372 g/mol. The highest BCUT2D eigenvalue weighted by molar-refractivity contribution is 6.30. The predicted molar refractivity (Wildman–Crippen MR) is 117 cm³/mol. The van der Waals surface area contributed by atoms with Crippen molar-refractivity contribution in [2.75, 3.05) is 44.2 Å². The molecule has 0 saturated carbocycles. The Bertz CT molecular complexity index is 792. The van der Waals surface area contributed by atoms with Gasteiger partial charge in [0.15, 0.2) is 5.96 Å². The fourth-order valence-electron chi connectivity index (χ4n) is 3.58. The van der Waals surface area contributed by atoms with Crippen molar-refractivity contribution < 1.29 is 0 Å². The summed E-state index contributed by atoms with van der Waals surface area (Å²) >= 11 is 6.20. The lowest BCUT2D eigenvalue weighted by molar-refractivity contribution is 0.372. The van der Waals surface area contributed by atoms with E-state index in [0.717, 1.165) is 63.1 Å². The molecule has 1 saturated heterocycles. The van der Waals surface area contributed by atoms with Crippen LogP contribution in [0.1, 0.15) is 24.5 Å². The number of piperazine rings is 1. The van der Waals surface area contributed by atoms with Crippen LogP contribution in [0.3, 0.4) is 0 Å². The third kappa shape index (κ3) is 5.41. The highest BCUT2D eigenvalue weighted by atomic mass is 35.5. The third-order valence-electron chi connectivity index (χ3n) is 5.07. The lowest BCUT2D eigenvalue weighted by Gasteiger charge is -2.38. The topological polar surface area (TPSA) is 48.7 Å². The van der Waals surface area contributed by atoms with Gasteiger partial charge in [0.25, 0.3) is 0 Å². The lowest BCUT2D eigenvalue weighted by atomic mass is 10.1. The summed E-state index contributed by atoms with van der Waals surface area (Å²) in [5.41, 5.74) is 3.78. The molecule has 0 aliphatic carbocycles. The molecule has 0 radical (unpaired) electrons. The molecule has 28 heavy (non-hydrogen) atoms. The van der Waals surface area contributed by atoms with Gasteiger partial charge in [-0.25, -0.2) is 0 Å². The van der Waals surface area contributed by atoms with E-state index in [1.165, 1.54) is 16.8 Å². The first-order chi connectivity index (χ1) is 13.6. The quantitative estimate of drug-likeness (QED) is 0.458. The second-order valence-electron chi connectivity index (χ2n) is 7.27. The molecular formula is C21H31ClN6. The zero-order valence-corrected chi connectivity index (χ0v) is 17.9. The summed E-state index contributed by atoms with van der Waals surface area (Å²) in [6.45, 7) is 9.84. The van der Waals surface area contributed by atoms with Gasteiger partial charge in [0.05, 0.1) is 6.20 Å². The smallest absolute Gasteiger partial charge is 0.194 e. The van der Waals surface area contributed by atoms with E-state index in [-0.39, 0.29) is 0 Å². The van der Waals surface area contributed by atoms with E-state index in [2.05, 4.69) is 52.4 Å². The van der Waals surface area contributed by atoms with Crippen molar-refractivity contribution in [3.63, 3.8) is 0 Å². The minimum Gasteiger partial charge on any atom is -0.368 e. The van der Waals surface area contributed by atoms with Gasteiger partial charge in [0.2, 0.25) is 0 Å². The number of hydrogen-bond acceptors (Lipinski definition) is 3. The molecule has 1 aliphatic heterocycles. The first-order valence-electron chi connectivity index (χ1n) is 10.1. The van der Waals surface area contributed by atoms with Gasteiger partial charge in [0.1, 0.15) is 0 Å². The number of nitrogens with zero attached hydrogens (tertiary/aromatic N) is 5.